The summed E-state index contributed by atoms with van der Waals surface area (Å²) in [5.41, 5.74) is 1.30. The molecule has 0 bridgehead atoms. The third-order valence-electron chi connectivity index (χ3n) is 3.92. The quantitative estimate of drug-likeness (QED) is 0.872. The van der Waals surface area contributed by atoms with Crippen molar-refractivity contribution in [2.45, 2.75) is 31.2 Å². The van der Waals surface area contributed by atoms with Crippen LogP contribution in [0.2, 0.25) is 0 Å². The van der Waals surface area contributed by atoms with E-state index in [1.54, 1.807) is 6.26 Å². The maximum absolute atomic E-state index is 12.4. The summed E-state index contributed by atoms with van der Waals surface area (Å²) < 4.78 is 5.43. The number of benzene rings is 1. The van der Waals surface area contributed by atoms with Crippen molar-refractivity contribution in [3.63, 3.8) is 0 Å². The molecule has 0 unspecified atom stereocenters. The molecule has 1 saturated carbocycles. The van der Waals surface area contributed by atoms with Crippen LogP contribution in [0.5, 0.6) is 0 Å². The summed E-state index contributed by atoms with van der Waals surface area (Å²) in [7, 11) is 0. The molecule has 0 saturated heterocycles. The van der Waals surface area contributed by atoms with E-state index in [4.69, 9.17) is 4.42 Å². The highest BCUT2D eigenvalue weighted by Gasteiger charge is 2.34. The van der Waals surface area contributed by atoms with E-state index in [1.807, 2.05) is 24.3 Å². The lowest BCUT2D eigenvalue weighted by molar-refractivity contribution is 0.0911. The normalized spacial score (nSPS) is 17.7. The molecule has 3 nitrogen and oxygen atoms in total. The Balaban J connectivity index is 1.88. The summed E-state index contributed by atoms with van der Waals surface area (Å²) in [6.07, 6.45) is 5.99. The van der Waals surface area contributed by atoms with Crippen LogP contribution in [0.4, 0.5) is 0 Å². The van der Waals surface area contributed by atoms with Crippen molar-refractivity contribution in [3.8, 4) is 0 Å². The van der Waals surface area contributed by atoms with Gasteiger partial charge in [-0.2, -0.15) is 0 Å². The lowest BCUT2D eigenvalue weighted by Crippen LogP contribution is -2.47. The monoisotopic (exact) mass is 321 g/mol. The summed E-state index contributed by atoms with van der Waals surface area (Å²) in [6, 6.07) is 7.63. The molecule has 1 aliphatic rings. The van der Waals surface area contributed by atoms with Crippen LogP contribution in [0.25, 0.3) is 11.0 Å². The first-order chi connectivity index (χ1) is 9.24. The second-order valence-electron chi connectivity index (χ2n) is 5.22. The molecule has 0 aliphatic heterocycles. The summed E-state index contributed by atoms with van der Waals surface area (Å²) in [4.78, 5) is 12.4. The molecule has 1 amide bonds. The largest absolute Gasteiger partial charge is 0.463 e. The Morgan fingerprint density at radius 2 is 2.05 bits per heavy atom. The van der Waals surface area contributed by atoms with E-state index in [0.29, 0.717) is 5.56 Å². The Kier molecular flexibility index (Phi) is 3.35. The number of amides is 1. The van der Waals surface area contributed by atoms with Crippen molar-refractivity contribution in [2.75, 3.05) is 5.33 Å². The molecule has 1 N–H and O–H groups in total. The van der Waals surface area contributed by atoms with E-state index in [0.717, 1.165) is 29.1 Å². The molecule has 1 fully saturated rings. The number of furan rings is 1. The van der Waals surface area contributed by atoms with Crippen LogP contribution in [0.3, 0.4) is 0 Å². The zero-order chi connectivity index (χ0) is 13.3. The van der Waals surface area contributed by atoms with Crippen LogP contribution in [0.1, 0.15) is 36.0 Å². The van der Waals surface area contributed by atoms with Crippen molar-refractivity contribution in [1.29, 1.82) is 0 Å². The SMILES string of the molecule is O=C(NC1(CBr)CCCC1)c1coc2ccccc12. The van der Waals surface area contributed by atoms with Gasteiger partial charge in [0.25, 0.3) is 5.91 Å². The number of alkyl halides is 1. The Morgan fingerprint density at radius 1 is 1.32 bits per heavy atom. The minimum absolute atomic E-state index is 0.0358. The molecular weight excluding hydrogens is 306 g/mol. The van der Waals surface area contributed by atoms with E-state index < -0.39 is 0 Å². The highest BCUT2D eigenvalue weighted by Crippen LogP contribution is 2.32. The fraction of sp³-hybridized carbons (Fsp3) is 0.400. The maximum Gasteiger partial charge on any atom is 0.255 e. The highest BCUT2D eigenvalue weighted by atomic mass is 79.9. The standard InChI is InChI=1S/C15H16BrNO2/c16-10-15(7-3-4-8-15)17-14(18)12-9-19-13-6-2-1-5-11(12)13/h1-2,5-6,9H,3-4,7-8,10H2,(H,17,18). The van der Waals surface area contributed by atoms with Gasteiger partial charge in [0.05, 0.1) is 11.1 Å². The molecule has 3 rings (SSSR count). The summed E-state index contributed by atoms with van der Waals surface area (Å²) in [6.45, 7) is 0. The van der Waals surface area contributed by atoms with Crippen molar-refractivity contribution in [3.05, 3.63) is 36.1 Å². The van der Waals surface area contributed by atoms with Crippen molar-refractivity contribution in [2.24, 2.45) is 0 Å². The first-order valence-electron chi connectivity index (χ1n) is 6.59. The van der Waals surface area contributed by atoms with Crippen LogP contribution in [0.15, 0.2) is 34.9 Å². The first kappa shape index (κ1) is 12.7. The number of hydrogen-bond donors (Lipinski definition) is 1. The van der Waals surface area contributed by atoms with Crippen molar-refractivity contribution < 1.29 is 9.21 Å². The third-order valence-corrected chi connectivity index (χ3v) is 4.99. The van der Waals surface area contributed by atoms with E-state index in [2.05, 4.69) is 21.2 Å². The second kappa shape index (κ2) is 5.00. The van der Waals surface area contributed by atoms with Gasteiger partial charge in [0, 0.05) is 10.7 Å². The average molecular weight is 322 g/mol. The number of para-hydroxylation sites is 1. The fourth-order valence-corrected chi connectivity index (χ4v) is 3.51. The number of fused-ring (bicyclic) bond motifs is 1. The fourth-order valence-electron chi connectivity index (χ4n) is 2.81. The maximum atomic E-state index is 12.4. The number of nitrogens with one attached hydrogen (secondary N) is 1. The van der Waals surface area contributed by atoms with E-state index in [-0.39, 0.29) is 11.4 Å². The number of rotatable bonds is 3. The van der Waals surface area contributed by atoms with Crippen molar-refractivity contribution >= 4 is 32.8 Å². The average Bonchev–Trinajstić information content (AvgIpc) is 3.05. The predicted octanol–water partition coefficient (Wildman–Crippen LogP) is 3.87. The van der Waals surface area contributed by atoms with E-state index in [9.17, 15) is 4.79 Å². The van der Waals surface area contributed by atoms with Gasteiger partial charge in [-0.25, -0.2) is 0 Å². The van der Waals surface area contributed by atoms with Gasteiger partial charge in [0.15, 0.2) is 0 Å². The molecule has 0 radical (unpaired) electrons. The van der Waals surface area contributed by atoms with Gasteiger partial charge in [-0.3, -0.25) is 4.79 Å². The number of carbonyl (C=O) groups excluding carboxylic acids is 1. The molecule has 4 heteroatoms. The summed E-state index contributed by atoms with van der Waals surface area (Å²) >= 11 is 3.54. The number of carbonyl (C=O) groups is 1. The lowest BCUT2D eigenvalue weighted by atomic mass is 10.00. The molecule has 19 heavy (non-hydrogen) atoms. The van der Waals surface area contributed by atoms with Gasteiger partial charge in [-0.1, -0.05) is 47.0 Å². The molecule has 1 aliphatic carbocycles. The van der Waals surface area contributed by atoms with Gasteiger partial charge < -0.3 is 9.73 Å². The van der Waals surface area contributed by atoms with Gasteiger partial charge in [-0.15, -0.1) is 0 Å². The van der Waals surface area contributed by atoms with E-state index in [1.165, 1.54) is 12.8 Å². The predicted molar refractivity (Wildman–Crippen MR) is 78.7 cm³/mol. The Labute approximate surface area is 120 Å². The zero-order valence-electron chi connectivity index (χ0n) is 10.6. The van der Waals surface area contributed by atoms with Gasteiger partial charge in [0.2, 0.25) is 0 Å². The molecule has 0 spiro atoms. The highest BCUT2D eigenvalue weighted by molar-refractivity contribution is 9.09. The van der Waals surface area contributed by atoms with Gasteiger partial charge >= 0.3 is 0 Å². The molecule has 1 heterocycles. The minimum atomic E-state index is -0.0878. The topological polar surface area (TPSA) is 42.2 Å². The Hall–Kier alpha value is -1.29. The molecule has 1 aromatic heterocycles. The molecule has 0 atom stereocenters. The summed E-state index contributed by atoms with van der Waals surface area (Å²) in [5.74, 6) is -0.0358. The molecule has 2 aromatic rings. The summed E-state index contributed by atoms with van der Waals surface area (Å²) in [5, 5.41) is 4.88. The molecule has 1 aromatic carbocycles. The minimum Gasteiger partial charge on any atom is -0.463 e. The Bertz CT molecular complexity index is 599. The zero-order valence-corrected chi connectivity index (χ0v) is 12.2. The number of hydrogen-bond acceptors (Lipinski definition) is 2. The third kappa shape index (κ3) is 2.29. The number of halogens is 1. The van der Waals surface area contributed by atoms with Crippen LogP contribution in [-0.4, -0.2) is 16.8 Å². The van der Waals surface area contributed by atoms with Crippen molar-refractivity contribution in [1.82, 2.24) is 5.32 Å². The second-order valence-corrected chi connectivity index (χ2v) is 5.78. The smallest absolute Gasteiger partial charge is 0.255 e. The van der Waals surface area contributed by atoms with Crippen LogP contribution < -0.4 is 5.32 Å². The lowest BCUT2D eigenvalue weighted by Gasteiger charge is -2.27. The molecule has 100 valence electrons. The van der Waals surface area contributed by atoms with Crippen LogP contribution >= 0.6 is 15.9 Å². The van der Waals surface area contributed by atoms with Gasteiger partial charge in [0.1, 0.15) is 11.8 Å². The molecular formula is C15H16BrNO2. The van der Waals surface area contributed by atoms with Gasteiger partial charge in [-0.05, 0) is 18.9 Å². The van der Waals surface area contributed by atoms with Crippen LogP contribution in [0, 0.1) is 0 Å². The Morgan fingerprint density at radius 3 is 2.79 bits per heavy atom. The van der Waals surface area contributed by atoms with Crippen LogP contribution in [-0.2, 0) is 0 Å². The first-order valence-corrected chi connectivity index (χ1v) is 7.71. The van der Waals surface area contributed by atoms with E-state index >= 15 is 0 Å².